The zero-order valence-electron chi connectivity index (χ0n) is 19.7. The summed E-state index contributed by atoms with van der Waals surface area (Å²) in [5, 5.41) is 2.87. The minimum atomic E-state index is -0.576. The standard InChI is InChI=1S/C24H24N2O4.C3H8/c1-17-8-3-4-11-20(17)18-9-7-10-19(14-18)21(15-24(29)30-2)25-22(27)16-26-13-6-5-12-23(26)28;1-3-2/h3-14,21H,15-16H2,1-2H3,(H,25,27);3H2,1-2H3/t21-;/m0./s1. The number of ether oxygens (including phenoxy) is 1. The number of amides is 1. The van der Waals surface area contributed by atoms with E-state index in [1.807, 2.05) is 55.5 Å². The molecule has 0 bridgehead atoms. The third kappa shape index (κ3) is 7.75. The lowest BCUT2D eigenvalue weighted by Gasteiger charge is -2.20. The van der Waals surface area contributed by atoms with Crippen LogP contribution < -0.4 is 10.9 Å². The lowest BCUT2D eigenvalue weighted by atomic mass is 9.95. The maximum absolute atomic E-state index is 12.6. The van der Waals surface area contributed by atoms with Crippen LogP contribution >= 0.6 is 0 Å². The van der Waals surface area contributed by atoms with Gasteiger partial charge in [0.25, 0.3) is 5.56 Å². The highest BCUT2D eigenvalue weighted by Gasteiger charge is 2.20. The van der Waals surface area contributed by atoms with Crippen molar-refractivity contribution in [3.63, 3.8) is 0 Å². The number of pyridine rings is 1. The number of rotatable bonds is 7. The molecule has 6 heteroatoms. The first kappa shape index (κ1) is 25.6. The summed E-state index contributed by atoms with van der Waals surface area (Å²) in [6.07, 6.45) is 2.79. The molecule has 0 saturated heterocycles. The van der Waals surface area contributed by atoms with Crippen molar-refractivity contribution in [2.24, 2.45) is 0 Å². The Kier molecular flexibility index (Phi) is 10.1. The SMILES string of the molecule is CCC.COC(=O)C[C@H](NC(=O)Cn1ccccc1=O)c1cccc(-c2ccccc2C)c1. The molecule has 1 amide bonds. The molecule has 0 radical (unpaired) electrons. The Labute approximate surface area is 195 Å². The number of nitrogens with zero attached hydrogens (tertiary/aromatic N) is 1. The van der Waals surface area contributed by atoms with E-state index in [1.54, 1.807) is 18.3 Å². The summed E-state index contributed by atoms with van der Waals surface area (Å²) in [4.78, 5) is 36.5. The van der Waals surface area contributed by atoms with Crippen LogP contribution in [0.5, 0.6) is 0 Å². The molecule has 0 aliphatic heterocycles. The summed E-state index contributed by atoms with van der Waals surface area (Å²) >= 11 is 0. The Hall–Kier alpha value is -3.67. The first-order valence-corrected chi connectivity index (χ1v) is 11.1. The van der Waals surface area contributed by atoms with E-state index >= 15 is 0 Å². The second-order valence-electron chi connectivity index (χ2n) is 7.71. The van der Waals surface area contributed by atoms with E-state index in [9.17, 15) is 14.4 Å². The molecule has 0 fully saturated rings. The van der Waals surface area contributed by atoms with Gasteiger partial charge in [-0.15, -0.1) is 0 Å². The van der Waals surface area contributed by atoms with E-state index in [-0.39, 0.29) is 24.4 Å². The third-order valence-electron chi connectivity index (χ3n) is 4.89. The zero-order valence-corrected chi connectivity index (χ0v) is 19.7. The molecule has 0 unspecified atom stereocenters. The quantitative estimate of drug-likeness (QED) is 0.533. The van der Waals surface area contributed by atoms with Crippen LogP contribution in [0.25, 0.3) is 11.1 Å². The van der Waals surface area contributed by atoms with Crippen LogP contribution in [0.2, 0.25) is 0 Å². The largest absolute Gasteiger partial charge is 0.469 e. The van der Waals surface area contributed by atoms with Crippen LogP contribution in [0.3, 0.4) is 0 Å². The molecule has 1 aromatic heterocycles. The number of hydrogen-bond donors (Lipinski definition) is 1. The molecule has 0 spiro atoms. The normalized spacial score (nSPS) is 11.0. The summed E-state index contributed by atoms with van der Waals surface area (Å²) < 4.78 is 6.12. The summed E-state index contributed by atoms with van der Waals surface area (Å²) in [5.74, 6) is -0.794. The third-order valence-corrected chi connectivity index (χ3v) is 4.89. The Bertz CT molecular complexity index is 1120. The lowest BCUT2D eigenvalue weighted by molar-refractivity contribution is -0.141. The molecule has 6 nitrogen and oxygen atoms in total. The molecule has 2 aromatic carbocycles. The predicted octanol–water partition coefficient (Wildman–Crippen LogP) is 4.66. The maximum atomic E-state index is 12.6. The average Bonchev–Trinajstić information content (AvgIpc) is 2.81. The topological polar surface area (TPSA) is 77.4 Å². The monoisotopic (exact) mass is 448 g/mol. The Morgan fingerprint density at radius 2 is 1.70 bits per heavy atom. The Morgan fingerprint density at radius 3 is 2.36 bits per heavy atom. The number of aromatic nitrogens is 1. The van der Waals surface area contributed by atoms with Crippen LogP contribution in [0.15, 0.2) is 77.7 Å². The summed E-state index contributed by atoms with van der Waals surface area (Å²) in [6, 6.07) is 19.9. The van der Waals surface area contributed by atoms with E-state index in [0.717, 1.165) is 22.3 Å². The summed E-state index contributed by atoms with van der Waals surface area (Å²) in [6.45, 7) is 6.15. The number of methoxy groups -OCH3 is 1. The van der Waals surface area contributed by atoms with E-state index < -0.39 is 12.0 Å². The van der Waals surface area contributed by atoms with Gasteiger partial charge in [0.1, 0.15) is 6.54 Å². The molecular formula is C27H32N2O4. The minimum absolute atomic E-state index is 0.0108. The number of carbonyl (C=O) groups excluding carboxylic acids is 2. The number of benzene rings is 2. The van der Waals surface area contributed by atoms with Gasteiger partial charge in [0.15, 0.2) is 0 Å². The molecule has 0 saturated carbocycles. The number of carbonyl (C=O) groups is 2. The maximum Gasteiger partial charge on any atom is 0.307 e. The van der Waals surface area contributed by atoms with Gasteiger partial charge in [0.05, 0.1) is 19.6 Å². The first-order valence-electron chi connectivity index (χ1n) is 11.1. The second kappa shape index (κ2) is 13.0. The highest BCUT2D eigenvalue weighted by atomic mass is 16.5. The highest BCUT2D eigenvalue weighted by Crippen LogP contribution is 2.27. The molecule has 0 aliphatic carbocycles. The van der Waals surface area contributed by atoms with Crippen LogP contribution in [-0.2, 0) is 20.9 Å². The van der Waals surface area contributed by atoms with Gasteiger partial charge < -0.3 is 14.6 Å². The second-order valence-corrected chi connectivity index (χ2v) is 7.71. The van der Waals surface area contributed by atoms with E-state index in [4.69, 9.17) is 4.74 Å². The van der Waals surface area contributed by atoms with Crippen LogP contribution in [0.4, 0.5) is 0 Å². The smallest absolute Gasteiger partial charge is 0.307 e. The first-order chi connectivity index (χ1) is 15.9. The molecule has 0 aliphatic rings. The van der Waals surface area contributed by atoms with Crippen molar-refractivity contribution < 1.29 is 14.3 Å². The van der Waals surface area contributed by atoms with Gasteiger partial charge in [-0.1, -0.05) is 68.8 Å². The summed E-state index contributed by atoms with van der Waals surface area (Å²) in [7, 11) is 1.31. The van der Waals surface area contributed by atoms with Gasteiger partial charge in [0, 0.05) is 12.3 Å². The van der Waals surface area contributed by atoms with Gasteiger partial charge in [-0.25, -0.2) is 0 Å². The van der Waals surface area contributed by atoms with Crippen LogP contribution in [0, 0.1) is 6.92 Å². The van der Waals surface area contributed by atoms with Crippen molar-refractivity contribution in [3.05, 3.63) is 94.4 Å². The van der Waals surface area contributed by atoms with Crippen molar-refractivity contribution in [2.45, 2.75) is 46.2 Å². The Balaban J connectivity index is 0.00000122. The fraction of sp³-hybridized carbons (Fsp3) is 0.296. The van der Waals surface area contributed by atoms with Gasteiger partial charge >= 0.3 is 5.97 Å². The molecule has 33 heavy (non-hydrogen) atoms. The molecular weight excluding hydrogens is 416 g/mol. The highest BCUT2D eigenvalue weighted by molar-refractivity contribution is 5.78. The number of aryl methyl sites for hydroxylation is 1. The van der Waals surface area contributed by atoms with Crippen molar-refractivity contribution in [2.75, 3.05) is 7.11 Å². The van der Waals surface area contributed by atoms with Crippen molar-refractivity contribution >= 4 is 11.9 Å². The summed E-state index contributed by atoms with van der Waals surface area (Å²) in [5.41, 5.74) is 3.73. The van der Waals surface area contributed by atoms with Crippen LogP contribution in [-0.4, -0.2) is 23.6 Å². The molecule has 1 N–H and O–H groups in total. The molecule has 3 rings (SSSR count). The van der Waals surface area contributed by atoms with Gasteiger partial charge in [-0.05, 0) is 41.3 Å². The van der Waals surface area contributed by atoms with Crippen molar-refractivity contribution in [1.29, 1.82) is 0 Å². The lowest BCUT2D eigenvalue weighted by Crippen LogP contribution is -2.35. The van der Waals surface area contributed by atoms with Crippen molar-refractivity contribution in [3.8, 4) is 11.1 Å². The zero-order chi connectivity index (χ0) is 24.2. The van der Waals surface area contributed by atoms with Crippen LogP contribution in [0.1, 0.15) is 43.9 Å². The molecule has 1 atom stereocenters. The van der Waals surface area contributed by atoms with Crippen molar-refractivity contribution in [1.82, 2.24) is 9.88 Å². The van der Waals surface area contributed by atoms with E-state index in [1.165, 1.54) is 24.2 Å². The number of esters is 1. The molecule has 1 heterocycles. The Morgan fingerprint density at radius 1 is 1.00 bits per heavy atom. The van der Waals surface area contributed by atoms with E-state index in [2.05, 4.69) is 19.2 Å². The van der Waals surface area contributed by atoms with Gasteiger partial charge in [-0.2, -0.15) is 0 Å². The fourth-order valence-corrected chi connectivity index (χ4v) is 3.31. The number of nitrogens with one attached hydrogen (secondary N) is 1. The fourth-order valence-electron chi connectivity index (χ4n) is 3.31. The predicted molar refractivity (Wildman–Crippen MR) is 131 cm³/mol. The molecule has 174 valence electrons. The minimum Gasteiger partial charge on any atom is -0.469 e. The van der Waals surface area contributed by atoms with Gasteiger partial charge in [0.2, 0.25) is 5.91 Å². The van der Waals surface area contributed by atoms with E-state index in [0.29, 0.717) is 0 Å². The number of hydrogen-bond acceptors (Lipinski definition) is 4. The average molecular weight is 449 g/mol. The van der Waals surface area contributed by atoms with Gasteiger partial charge in [-0.3, -0.25) is 14.4 Å². The molecule has 3 aromatic rings.